The zero-order valence-electron chi connectivity index (χ0n) is 12.4. The van der Waals surface area contributed by atoms with Gasteiger partial charge in [-0.25, -0.2) is 0 Å². The second-order valence-corrected chi connectivity index (χ2v) is 4.19. The molecule has 0 radical (unpaired) electrons. The molecule has 1 atom stereocenters. The van der Waals surface area contributed by atoms with Crippen molar-refractivity contribution in [2.24, 2.45) is 5.34 Å². The molecule has 0 aliphatic carbocycles. The Labute approximate surface area is 139 Å². The molecule has 0 aromatic heterocycles. The van der Waals surface area contributed by atoms with Crippen LogP contribution in [0, 0.1) is 16.2 Å². The molecule has 0 saturated carbocycles. The fraction of sp³-hybridized carbons (Fsp3) is 0.250. The number of benzene rings is 2. The second kappa shape index (κ2) is 14.8. The molecular formula is C16H20N2O2Ru+6. The van der Waals surface area contributed by atoms with Crippen molar-refractivity contribution in [3.8, 4) is 0 Å². The molecule has 0 spiro atoms. The molecule has 0 N–H and O–H groups in total. The first-order valence-electron chi connectivity index (χ1n) is 6.21. The predicted molar refractivity (Wildman–Crippen MR) is 83.0 cm³/mol. The van der Waals surface area contributed by atoms with Gasteiger partial charge < -0.3 is 15.0 Å². The molecule has 5 heteroatoms. The van der Waals surface area contributed by atoms with Gasteiger partial charge in [-0.15, -0.1) is 10.9 Å². The molecule has 0 amide bonds. The molecular weight excluding hydrogens is 353 g/mol. The molecule has 2 aromatic carbocycles. The Kier molecular flexibility index (Phi) is 15.3. The van der Waals surface area contributed by atoms with E-state index in [-0.39, 0.29) is 19.5 Å². The van der Waals surface area contributed by atoms with Crippen LogP contribution in [0.4, 0.5) is 0 Å². The first kappa shape index (κ1) is 21.7. The van der Waals surface area contributed by atoms with Gasteiger partial charge in [0.1, 0.15) is 0 Å². The molecule has 0 heterocycles. The van der Waals surface area contributed by atoms with Crippen LogP contribution in [0.15, 0.2) is 66.0 Å². The van der Waals surface area contributed by atoms with Gasteiger partial charge in [-0.1, -0.05) is 36.4 Å². The average Bonchev–Trinajstić information content (AvgIpc) is 2.50. The zero-order chi connectivity index (χ0) is 15.2. The molecule has 0 aliphatic heterocycles. The first-order valence-corrected chi connectivity index (χ1v) is 6.21. The van der Waals surface area contributed by atoms with Crippen LogP contribution in [0.25, 0.3) is 0 Å². The summed E-state index contributed by atoms with van der Waals surface area (Å²) in [7, 11) is 4.15. The van der Waals surface area contributed by atoms with E-state index in [9.17, 15) is 0 Å². The van der Waals surface area contributed by atoms with Crippen molar-refractivity contribution in [3.63, 3.8) is 0 Å². The van der Waals surface area contributed by atoms with Crippen molar-refractivity contribution in [2.75, 3.05) is 14.1 Å². The SMILES string of the molecule is CC(c1[c-]cccc1)N(C)C.O=N[O-].[Ru+8].c1ccccc1. The van der Waals surface area contributed by atoms with Crippen molar-refractivity contribution in [1.82, 2.24) is 4.90 Å². The number of hydrogen-bond donors (Lipinski definition) is 0. The summed E-state index contributed by atoms with van der Waals surface area (Å²) in [5.41, 5.74) is 1.25. The van der Waals surface area contributed by atoms with Crippen LogP contribution in [0.1, 0.15) is 18.5 Å². The summed E-state index contributed by atoms with van der Waals surface area (Å²) in [5, 5.41) is 9.00. The molecule has 21 heavy (non-hydrogen) atoms. The maximum absolute atomic E-state index is 8.00. The van der Waals surface area contributed by atoms with Crippen LogP contribution in [-0.2, 0) is 19.5 Å². The maximum Gasteiger partial charge on any atom is 8.00 e. The minimum atomic E-state index is 0. The third kappa shape index (κ3) is 11.9. The van der Waals surface area contributed by atoms with Crippen molar-refractivity contribution >= 4 is 0 Å². The monoisotopic (exact) mass is 374 g/mol. The summed E-state index contributed by atoms with van der Waals surface area (Å²) in [6.45, 7) is 2.17. The van der Waals surface area contributed by atoms with Crippen LogP contribution in [0.3, 0.4) is 0 Å². The van der Waals surface area contributed by atoms with E-state index < -0.39 is 0 Å². The van der Waals surface area contributed by atoms with E-state index in [0.29, 0.717) is 6.04 Å². The molecule has 0 fully saturated rings. The molecule has 0 aliphatic rings. The minimum absolute atomic E-state index is 0. The Balaban J connectivity index is 0. The van der Waals surface area contributed by atoms with Gasteiger partial charge >= 0.3 is 19.5 Å². The van der Waals surface area contributed by atoms with Gasteiger partial charge in [0.05, 0.1) is 0 Å². The van der Waals surface area contributed by atoms with Crippen LogP contribution >= 0.6 is 0 Å². The Morgan fingerprint density at radius 1 is 1.05 bits per heavy atom. The number of hydrogen-bond acceptors (Lipinski definition) is 4. The topological polar surface area (TPSA) is 55.7 Å². The summed E-state index contributed by atoms with van der Waals surface area (Å²) in [6, 6.07) is 23.8. The number of rotatable bonds is 2. The van der Waals surface area contributed by atoms with E-state index >= 15 is 0 Å². The molecule has 1 unspecified atom stereocenters. The van der Waals surface area contributed by atoms with E-state index in [4.69, 9.17) is 10.1 Å². The predicted octanol–water partition coefficient (Wildman–Crippen LogP) is 4.04. The van der Waals surface area contributed by atoms with Crippen LogP contribution in [0.2, 0.25) is 0 Å². The van der Waals surface area contributed by atoms with Gasteiger partial charge in [-0.05, 0) is 21.0 Å². The van der Waals surface area contributed by atoms with E-state index in [1.807, 2.05) is 54.6 Å². The average molecular weight is 373 g/mol. The Bertz CT molecular complexity index is 412. The van der Waals surface area contributed by atoms with Crippen LogP contribution < -0.4 is 0 Å². The fourth-order valence-electron chi connectivity index (χ4n) is 1.33. The number of nitrogens with zero attached hydrogens (tertiary/aromatic N) is 2. The molecule has 0 saturated heterocycles. The molecule has 4 nitrogen and oxygen atoms in total. The van der Waals surface area contributed by atoms with E-state index in [2.05, 4.69) is 38.1 Å². The molecule has 2 aromatic rings. The normalized spacial score (nSPS) is 9.90. The van der Waals surface area contributed by atoms with Crippen molar-refractivity contribution in [2.45, 2.75) is 13.0 Å². The Morgan fingerprint density at radius 2 is 1.48 bits per heavy atom. The molecule has 108 valence electrons. The van der Waals surface area contributed by atoms with Gasteiger partial charge in [0, 0.05) is 6.04 Å². The van der Waals surface area contributed by atoms with Crippen molar-refractivity contribution in [3.05, 3.63) is 82.4 Å². The quantitative estimate of drug-likeness (QED) is 0.345. The smallest absolute Gasteiger partial charge is 0.444 e. The molecule has 0 bridgehead atoms. The maximum atomic E-state index is 8.00. The van der Waals surface area contributed by atoms with Gasteiger partial charge in [-0.3, -0.25) is 0 Å². The molecule has 2 rings (SSSR count). The summed E-state index contributed by atoms with van der Waals surface area (Å²) in [5.74, 6) is 0. The van der Waals surface area contributed by atoms with Crippen molar-refractivity contribution < 1.29 is 19.5 Å². The van der Waals surface area contributed by atoms with Gasteiger partial charge in [-0.2, -0.15) is 30.3 Å². The van der Waals surface area contributed by atoms with Crippen LogP contribution in [-0.4, -0.2) is 19.0 Å². The van der Waals surface area contributed by atoms with Gasteiger partial charge in [0.25, 0.3) is 0 Å². The van der Waals surface area contributed by atoms with E-state index in [1.54, 1.807) is 0 Å². The largest absolute Gasteiger partial charge is 8.00 e. The van der Waals surface area contributed by atoms with Crippen molar-refractivity contribution in [1.29, 1.82) is 0 Å². The Morgan fingerprint density at radius 3 is 1.76 bits per heavy atom. The summed E-state index contributed by atoms with van der Waals surface area (Å²) in [6.07, 6.45) is 0. The first-order chi connectivity index (χ1) is 9.63. The van der Waals surface area contributed by atoms with Crippen LogP contribution in [0.5, 0.6) is 0 Å². The third-order valence-electron chi connectivity index (χ3n) is 2.62. The zero-order valence-corrected chi connectivity index (χ0v) is 14.2. The minimum Gasteiger partial charge on any atom is -0.444 e. The standard InChI is InChI=1S/C10H14N.C6H6.HNO2.Ru/c1-9(11(2)3)10-7-5-4-6-8-10;1-2-4-6-5-3-1;2-1-3;/h4-7,9H,1-3H3;1-6H;(H,2,3);/q-1;;;+8/p-1. The fourth-order valence-corrected chi connectivity index (χ4v) is 1.33. The summed E-state index contributed by atoms with van der Waals surface area (Å²) in [4.78, 5) is 10.2. The summed E-state index contributed by atoms with van der Waals surface area (Å²) >= 11 is 0. The summed E-state index contributed by atoms with van der Waals surface area (Å²) < 4.78 is 0. The second-order valence-electron chi connectivity index (χ2n) is 4.19. The van der Waals surface area contributed by atoms with E-state index in [0.717, 1.165) is 5.34 Å². The van der Waals surface area contributed by atoms with Gasteiger partial charge in [0.15, 0.2) is 0 Å². The van der Waals surface area contributed by atoms with E-state index in [1.165, 1.54) is 5.56 Å². The Hall–Kier alpha value is -1.58. The third-order valence-corrected chi connectivity index (χ3v) is 2.62. The van der Waals surface area contributed by atoms with Gasteiger partial charge in [0.2, 0.25) is 0 Å².